The molecule has 1 N–H and O–H groups in total. The highest BCUT2D eigenvalue weighted by atomic mass is 19.1. The van der Waals surface area contributed by atoms with E-state index in [4.69, 9.17) is 9.47 Å². The number of amides is 2. The number of benzene rings is 2. The Labute approximate surface area is 195 Å². The Bertz CT molecular complexity index is 948. The van der Waals surface area contributed by atoms with E-state index in [9.17, 15) is 14.0 Å². The molecule has 2 atom stereocenters. The molecule has 1 heterocycles. The molecule has 0 aliphatic carbocycles. The minimum Gasteiger partial charge on any atom is -0.486 e. The van der Waals surface area contributed by atoms with Crippen LogP contribution in [-0.4, -0.2) is 42.0 Å². The predicted octanol–water partition coefficient (Wildman–Crippen LogP) is 4.25. The summed E-state index contributed by atoms with van der Waals surface area (Å²) in [4.78, 5) is 27.9. The normalized spacial score (nSPS) is 14.3. The van der Waals surface area contributed by atoms with Crippen molar-refractivity contribution in [2.75, 3.05) is 13.2 Å². The third-order valence-electron chi connectivity index (χ3n) is 5.89. The van der Waals surface area contributed by atoms with Crippen LogP contribution in [0.15, 0.2) is 42.5 Å². The number of hydrogen-bond donors (Lipinski definition) is 1. The first kappa shape index (κ1) is 24.6. The van der Waals surface area contributed by atoms with Gasteiger partial charge in [-0.3, -0.25) is 9.59 Å². The molecule has 7 heteroatoms. The van der Waals surface area contributed by atoms with Gasteiger partial charge in [-0.15, -0.1) is 0 Å². The fourth-order valence-electron chi connectivity index (χ4n) is 3.79. The van der Waals surface area contributed by atoms with Crippen LogP contribution in [0.2, 0.25) is 0 Å². The van der Waals surface area contributed by atoms with Crippen LogP contribution in [-0.2, 0) is 22.6 Å². The van der Waals surface area contributed by atoms with Crippen LogP contribution in [0.25, 0.3) is 0 Å². The van der Waals surface area contributed by atoms with Crippen molar-refractivity contribution in [1.82, 2.24) is 10.2 Å². The van der Waals surface area contributed by atoms with E-state index >= 15 is 0 Å². The lowest BCUT2D eigenvalue weighted by atomic mass is 10.0. The fraction of sp³-hybridized carbons (Fsp3) is 0.462. The minimum atomic E-state index is -0.600. The largest absolute Gasteiger partial charge is 0.486 e. The highest BCUT2D eigenvalue weighted by molar-refractivity contribution is 5.88. The number of nitrogens with zero attached hydrogens (tertiary/aromatic N) is 1. The fourth-order valence-corrected chi connectivity index (χ4v) is 3.79. The van der Waals surface area contributed by atoms with Crippen LogP contribution >= 0.6 is 0 Å². The van der Waals surface area contributed by atoms with Gasteiger partial charge < -0.3 is 19.7 Å². The minimum absolute atomic E-state index is 0.0204. The zero-order valence-corrected chi connectivity index (χ0v) is 19.6. The third-order valence-corrected chi connectivity index (χ3v) is 5.89. The van der Waals surface area contributed by atoms with E-state index < -0.39 is 6.04 Å². The average Bonchev–Trinajstić information content (AvgIpc) is 2.83. The van der Waals surface area contributed by atoms with E-state index in [-0.39, 0.29) is 36.6 Å². The van der Waals surface area contributed by atoms with E-state index in [2.05, 4.69) is 5.32 Å². The van der Waals surface area contributed by atoms with E-state index in [0.717, 1.165) is 17.5 Å². The zero-order valence-electron chi connectivity index (χ0n) is 19.6. The number of ether oxygens (including phenoxy) is 2. The van der Waals surface area contributed by atoms with Crippen LogP contribution < -0.4 is 14.8 Å². The standard InChI is InChI=1S/C26H33FN2O4/c1-4-18(3)28-26(31)22(5-2)29(17-20-6-10-21(27)11-7-20)25(30)13-9-19-8-12-23-24(16-19)33-15-14-32-23/h6-8,10-12,16,18,22H,4-5,9,13-15,17H2,1-3H3,(H,28,31)/t18-,22-/m0/s1. The summed E-state index contributed by atoms with van der Waals surface area (Å²) in [5, 5.41) is 3.00. The van der Waals surface area contributed by atoms with Gasteiger partial charge in [-0.05, 0) is 61.6 Å². The van der Waals surface area contributed by atoms with Gasteiger partial charge in [-0.25, -0.2) is 4.39 Å². The molecular formula is C26H33FN2O4. The molecule has 0 spiro atoms. The second kappa shape index (κ2) is 11.7. The van der Waals surface area contributed by atoms with Crippen LogP contribution in [0, 0.1) is 5.82 Å². The van der Waals surface area contributed by atoms with Gasteiger partial charge in [0.25, 0.3) is 0 Å². The molecule has 33 heavy (non-hydrogen) atoms. The summed E-state index contributed by atoms with van der Waals surface area (Å²) in [7, 11) is 0. The number of aryl methyl sites for hydroxylation is 1. The lowest BCUT2D eigenvalue weighted by Crippen LogP contribution is -2.50. The summed E-state index contributed by atoms with van der Waals surface area (Å²) >= 11 is 0. The summed E-state index contributed by atoms with van der Waals surface area (Å²) in [6, 6.07) is 11.1. The molecule has 178 valence electrons. The molecule has 0 saturated carbocycles. The summed E-state index contributed by atoms with van der Waals surface area (Å²) < 4.78 is 24.6. The lowest BCUT2D eigenvalue weighted by molar-refractivity contribution is -0.141. The summed E-state index contributed by atoms with van der Waals surface area (Å²) in [6.45, 7) is 7.11. The summed E-state index contributed by atoms with van der Waals surface area (Å²) in [6.07, 6.45) is 2.05. The maximum atomic E-state index is 13.4. The number of carbonyl (C=O) groups is 2. The highest BCUT2D eigenvalue weighted by Gasteiger charge is 2.29. The van der Waals surface area contributed by atoms with Crippen molar-refractivity contribution in [2.24, 2.45) is 0 Å². The second-order valence-electron chi connectivity index (χ2n) is 8.37. The second-order valence-corrected chi connectivity index (χ2v) is 8.37. The van der Waals surface area contributed by atoms with Crippen molar-refractivity contribution in [1.29, 1.82) is 0 Å². The molecular weight excluding hydrogens is 423 g/mol. The van der Waals surface area contributed by atoms with E-state index in [0.29, 0.717) is 37.6 Å². The molecule has 0 saturated heterocycles. The highest BCUT2D eigenvalue weighted by Crippen LogP contribution is 2.31. The molecule has 0 bridgehead atoms. The van der Waals surface area contributed by atoms with Crippen LogP contribution in [0.5, 0.6) is 11.5 Å². The Kier molecular flexibility index (Phi) is 8.69. The van der Waals surface area contributed by atoms with Crippen LogP contribution in [0.3, 0.4) is 0 Å². The van der Waals surface area contributed by atoms with Gasteiger partial charge in [0.15, 0.2) is 11.5 Å². The van der Waals surface area contributed by atoms with Crippen molar-refractivity contribution >= 4 is 11.8 Å². The van der Waals surface area contributed by atoms with Crippen molar-refractivity contribution in [3.05, 3.63) is 59.4 Å². The lowest BCUT2D eigenvalue weighted by Gasteiger charge is -2.31. The number of hydrogen-bond acceptors (Lipinski definition) is 4. The van der Waals surface area contributed by atoms with Gasteiger partial charge >= 0.3 is 0 Å². The predicted molar refractivity (Wildman–Crippen MR) is 125 cm³/mol. The molecule has 0 unspecified atom stereocenters. The monoisotopic (exact) mass is 456 g/mol. The summed E-state index contributed by atoms with van der Waals surface area (Å²) in [5.74, 6) is 0.773. The number of carbonyl (C=O) groups excluding carboxylic acids is 2. The first-order valence-corrected chi connectivity index (χ1v) is 11.6. The molecule has 2 aromatic rings. The molecule has 2 aromatic carbocycles. The Hall–Kier alpha value is -3.09. The van der Waals surface area contributed by atoms with Crippen LogP contribution in [0.4, 0.5) is 4.39 Å². The Morgan fingerprint density at radius 2 is 1.67 bits per heavy atom. The Morgan fingerprint density at radius 3 is 2.33 bits per heavy atom. The van der Waals surface area contributed by atoms with Gasteiger partial charge in [0.2, 0.25) is 11.8 Å². The number of rotatable bonds is 10. The number of halogens is 1. The molecule has 1 aliphatic heterocycles. The molecule has 0 aromatic heterocycles. The van der Waals surface area contributed by atoms with Crippen molar-refractivity contribution in [2.45, 2.75) is 65.1 Å². The summed E-state index contributed by atoms with van der Waals surface area (Å²) in [5.41, 5.74) is 1.74. The van der Waals surface area contributed by atoms with Crippen molar-refractivity contribution in [3.63, 3.8) is 0 Å². The quantitative estimate of drug-likeness (QED) is 0.580. The van der Waals surface area contributed by atoms with E-state index in [1.165, 1.54) is 12.1 Å². The Balaban J connectivity index is 1.75. The van der Waals surface area contributed by atoms with Gasteiger partial charge in [0, 0.05) is 19.0 Å². The first-order chi connectivity index (χ1) is 15.9. The average molecular weight is 457 g/mol. The van der Waals surface area contributed by atoms with Gasteiger partial charge in [0.1, 0.15) is 25.1 Å². The van der Waals surface area contributed by atoms with E-state index in [1.54, 1.807) is 17.0 Å². The molecule has 3 rings (SSSR count). The SMILES string of the molecule is CC[C@H](C)NC(=O)[C@H](CC)N(Cc1ccc(F)cc1)C(=O)CCc1ccc2c(c1)OCCO2. The molecule has 0 radical (unpaired) electrons. The first-order valence-electron chi connectivity index (χ1n) is 11.6. The van der Waals surface area contributed by atoms with Gasteiger partial charge in [-0.2, -0.15) is 0 Å². The Morgan fingerprint density at radius 1 is 1.00 bits per heavy atom. The topological polar surface area (TPSA) is 67.9 Å². The molecule has 1 aliphatic rings. The number of nitrogens with one attached hydrogen (secondary N) is 1. The smallest absolute Gasteiger partial charge is 0.243 e. The van der Waals surface area contributed by atoms with E-state index in [1.807, 2.05) is 39.0 Å². The number of fused-ring (bicyclic) bond motifs is 1. The van der Waals surface area contributed by atoms with Crippen molar-refractivity contribution < 1.29 is 23.5 Å². The maximum absolute atomic E-state index is 13.4. The molecule has 6 nitrogen and oxygen atoms in total. The van der Waals surface area contributed by atoms with Crippen LogP contribution in [0.1, 0.15) is 51.2 Å². The van der Waals surface area contributed by atoms with Crippen molar-refractivity contribution in [3.8, 4) is 11.5 Å². The van der Waals surface area contributed by atoms with Gasteiger partial charge in [-0.1, -0.05) is 32.0 Å². The third kappa shape index (κ3) is 6.70. The maximum Gasteiger partial charge on any atom is 0.243 e. The molecule has 0 fully saturated rings. The zero-order chi connectivity index (χ0) is 23.8. The van der Waals surface area contributed by atoms with Gasteiger partial charge in [0.05, 0.1) is 0 Å². The molecule has 2 amide bonds.